The standard InChI is InChI=1S/C26H32O7/c1-24(2)10-15(27)21-18(11-24)33-26(19(28)12-25(3,4)13-20(26)29)22(21)14-8-16(30-5)23(32-7)17(9-14)31-6/h8-9,22H,10-13H2,1-7H3. The summed E-state index contributed by atoms with van der Waals surface area (Å²) in [4.78, 5) is 40.8. The average Bonchev–Trinajstić information content (AvgIpc) is 3.06. The lowest BCUT2D eigenvalue weighted by Crippen LogP contribution is -2.57. The van der Waals surface area contributed by atoms with E-state index in [9.17, 15) is 14.4 Å². The summed E-state index contributed by atoms with van der Waals surface area (Å²) in [6.45, 7) is 7.79. The third kappa shape index (κ3) is 3.52. The molecular weight excluding hydrogens is 424 g/mol. The van der Waals surface area contributed by atoms with E-state index in [4.69, 9.17) is 18.9 Å². The molecule has 1 unspecified atom stereocenters. The van der Waals surface area contributed by atoms with Gasteiger partial charge in [-0.15, -0.1) is 0 Å². The molecule has 1 atom stereocenters. The Morgan fingerprint density at radius 1 is 0.788 bits per heavy atom. The number of carbonyl (C=O) groups excluding carboxylic acids is 3. The molecule has 0 amide bonds. The van der Waals surface area contributed by atoms with E-state index in [0.717, 1.165) is 0 Å². The minimum atomic E-state index is -1.75. The normalized spacial score (nSPS) is 25.1. The van der Waals surface area contributed by atoms with Gasteiger partial charge in [0.15, 0.2) is 28.8 Å². The van der Waals surface area contributed by atoms with Gasteiger partial charge in [-0.3, -0.25) is 14.4 Å². The predicted octanol–water partition coefficient (Wildman–Crippen LogP) is 4.17. The molecule has 1 heterocycles. The molecule has 7 heteroatoms. The van der Waals surface area contributed by atoms with Crippen LogP contribution in [0.5, 0.6) is 17.2 Å². The van der Waals surface area contributed by atoms with Crippen LogP contribution in [0.15, 0.2) is 23.5 Å². The van der Waals surface area contributed by atoms with Gasteiger partial charge in [0.2, 0.25) is 11.4 Å². The van der Waals surface area contributed by atoms with Crippen LogP contribution in [0.1, 0.15) is 64.9 Å². The number of Topliss-reactive ketones (excluding diaryl/α,β-unsaturated/α-hetero) is 3. The van der Waals surface area contributed by atoms with Crippen molar-refractivity contribution in [2.45, 2.75) is 64.9 Å². The monoisotopic (exact) mass is 456 g/mol. The topological polar surface area (TPSA) is 88.1 Å². The second kappa shape index (κ2) is 7.61. The highest BCUT2D eigenvalue weighted by Crippen LogP contribution is 2.58. The summed E-state index contributed by atoms with van der Waals surface area (Å²) >= 11 is 0. The first kappa shape index (κ1) is 23.3. The fourth-order valence-corrected chi connectivity index (χ4v) is 5.60. The minimum Gasteiger partial charge on any atom is -0.493 e. The SMILES string of the molecule is COc1cc(C2C3=C(CC(C)(C)CC3=O)OC23C(=O)CC(C)(C)CC3=O)cc(OC)c1OC. The van der Waals surface area contributed by atoms with E-state index in [1.807, 2.05) is 27.7 Å². The Bertz CT molecular complexity index is 1030. The first-order valence-corrected chi connectivity index (χ1v) is 11.2. The molecule has 33 heavy (non-hydrogen) atoms. The summed E-state index contributed by atoms with van der Waals surface area (Å²) in [6, 6.07) is 3.42. The number of allylic oxidation sites excluding steroid dienone is 1. The van der Waals surface area contributed by atoms with Gasteiger partial charge in [0, 0.05) is 31.3 Å². The van der Waals surface area contributed by atoms with Gasteiger partial charge < -0.3 is 18.9 Å². The maximum Gasteiger partial charge on any atom is 0.234 e. The quantitative estimate of drug-likeness (QED) is 0.629. The van der Waals surface area contributed by atoms with E-state index >= 15 is 0 Å². The van der Waals surface area contributed by atoms with Crippen LogP contribution in [0.25, 0.3) is 0 Å². The average molecular weight is 457 g/mol. The molecule has 178 valence electrons. The number of methoxy groups -OCH3 is 3. The Hall–Kier alpha value is -2.83. The van der Waals surface area contributed by atoms with Gasteiger partial charge in [-0.2, -0.15) is 0 Å². The van der Waals surface area contributed by atoms with Gasteiger partial charge in [0.1, 0.15) is 5.76 Å². The maximum absolute atomic E-state index is 13.7. The van der Waals surface area contributed by atoms with Crippen molar-refractivity contribution in [2.75, 3.05) is 21.3 Å². The molecule has 0 bridgehead atoms. The summed E-state index contributed by atoms with van der Waals surface area (Å²) < 4.78 is 22.8. The Morgan fingerprint density at radius 2 is 1.30 bits per heavy atom. The van der Waals surface area contributed by atoms with Gasteiger partial charge in [-0.05, 0) is 28.5 Å². The molecule has 0 radical (unpaired) electrons. The molecule has 1 aliphatic heterocycles. The molecule has 0 saturated heterocycles. The molecule has 7 nitrogen and oxygen atoms in total. The number of hydrogen-bond acceptors (Lipinski definition) is 7. The Labute approximate surface area is 194 Å². The molecule has 4 rings (SSSR count). The van der Waals surface area contributed by atoms with Crippen molar-refractivity contribution in [3.05, 3.63) is 29.0 Å². The molecule has 1 aromatic rings. The lowest BCUT2D eigenvalue weighted by Gasteiger charge is -2.41. The number of hydrogen-bond donors (Lipinski definition) is 0. The number of carbonyl (C=O) groups is 3. The first-order chi connectivity index (χ1) is 15.4. The first-order valence-electron chi connectivity index (χ1n) is 11.2. The van der Waals surface area contributed by atoms with Crippen LogP contribution in [-0.4, -0.2) is 44.3 Å². The van der Waals surface area contributed by atoms with Crippen LogP contribution in [0.2, 0.25) is 0 Å². The van der Waals surface area contributed by atoms with E-state index in [1.54, 1.807) is 12.1 Å². The maximum atomic E-state index is 13.7. The van der Waals surface area contributed by atoms with E-state index < -0.39 is 16.9 Å². The van der Waals surface area contributed by atoms with Gasteiger partial charge in [-0.25, -0.2) is 0 Å². The summed E-state index contributed by atoms with van der Waals surface area (Å²) in [6.07, 6.45) is 1.19. The second-order valence-corrected chi connectivity index (χ2v) is 10.9. The van der Waals surface area contributed by atoms with Crippen LogP contribution in [0, 0.1) is 10.8 Å². The Morgan fingerprint density at radius 3 is 1.79 bits per heavy atom. The highest BCUT2D eigenvalue weighted by atomic mass is 16.5. The number of ketones is 3. The van der Waals surface area contributed by atoms with E-state index in [0.29, 0.717) is 47.0 Å². The molecule has 1 aromatic carbocycles. The van der Waals surface area contributed by atoms with Crippen molar-refractivity contribution < 1.29 is 33.3 Å². The minimum absolute atomic E-state index is 0.0951. The van der Waals surface area contributed by atoms with E-state index in [-0.39, 0.29) is 35.6 Å². The molecule has 2 aliphatic carbocycles. The third-order valence-corrected chi connectivity index (χ3v) is 6.99. The van der Waals surface area contributed by atoms with Crippen LogP contribution < -0.4 is 14.2 Å². The molecular formula is C26H32O7. The predicted molar refractivity (Wildman–Crippen MR) is 121 cm³/mol. The van der Waals surface area contributed by atoms with Gasteiger partial charge in [0.25, 0.3) is 0 Å². The van der Waals surface area contributed by atoms with Crippen molar-refractivity contribution in [2.24, 2.45) is 10.8 Å². The summed E-state index contributed by atoms with van der Waals surface area (Å²) in [5.74, 6) is 0.0837. The molecule has 3 aliphatic rings. The summed E-state index contributed by atoms with van der Waals surface area (Å²) in [5, 5.41) is 0. The van der Waals surface area contributed by atoms with Crippen molar-refractivity contribution in [1.82, 2.24) is 0 Å². The number of rotatable bonds is 4. The molecule has 1 spiro atoms. The zero-order chi connectivity index (χ0) is 24.3. The molecule has 1 fully saturated rings. The van der Waals surface area contributed by atoms with Gasteiger partial charge in [0.05, 0.1) is 27.2 Å². The van der Waals surface area contributed by atoms with E-state index in [2.05, 4.69) is 0 Å². The third-order valence-electron chi connectivity index (χ3n) is 6.99. The highest BCUT2D eigenvalue weighted by molar-refractivity contribution is 6.17. The van der Waals surface area contributed by atoms with Crippen LogP contribution in [0.4, 0.5) is 0 Å². The Balaban J connectivity index is 1.97. The lowest BCUT2D eigenvalue weighted by atomic mass is 9.61. The van der Waals surface area contributed by atoms with Crippen LogP contribution in [-0.2, 0) is 19.1 Å². The summed E-state index contributed by atoms with van der Waals surface area (Å²) in [5.41, 5.74) is -1.55. The number of ether oxygens (including phenoxy) is 4. The van der Waals surface area contributed by atoms with Crippen molar-refractivity contribution in [3.63, 3.8) is 0 Å². The second-order valence-electron chi connectivity index (χ2n) is 10.9. The summed E-state index contributed by atoms with van der Waals surface area (Å²) in [7, 11) is 4.50. The zero-order valence-corrected chi connectivity index (χ0v) is 20.4. The van der Waals surface area contributed by atoms with Crippen molar-refractivity contribution in [1.29, 1.82) is 0 Å². The number of benzene rings is 1. The van der Waals surface area contributed by atoms with Crippen LogP contribution in [0.3, 0.4) is 0 Å². The van der Waals surface area contributed by atoms with Crippen LogP contribution >= 0.6 is 0 Å². The van der Waals surface area contributed by atoms with Crippen molar-refractivity contribution >= 4 is 17.3 Å². The fourth-order valence-electron chi connectivity index (χ4n) is 5.60. The largest absolute Gasteiger partial charge is 0.493 e. The fraction of sp³-hybridized carbons (Fsp3) is 0.577. The highest BCUT2D eigenvalue weighted by Gasteiger charge is 2.65. The van der Waals surface area contributed by atoms with E-state index in [1.165, 1.54) is 21.3 Å². The molecule has 0 aromatic heterocycles. The lowest BCUT2D eigenvalue weighted by molar-refractivity contribution is -0.160. The zero-order valence-electron chi connectivity index (χ0n) is 20.4. The van der Waals surface area contributed by atoms with Gasteiger partial charge in [-0.1, -0.05) is 27.7 Å². The molecule has 1 saturated carbocycles. The smallest absolute Gasteiger partial charge is 0.234 e. The van der Waals surface area contributed by atoms with Crippen molar-refractivity contribution in [3.8, 4) is 17.2 Å². The Kier molecular flexibility index (Phi) is 5.38. The molecule has 0 N–H and O–H groups in total. The van der Waals surface area contributed by atoms with Gasteiger partial charge >= 0.3 is 0 Å².